The lowest BCUT2D eigenvalue weighted by Gasteiger charge is -2.30. The summed E-state index contributed by atoms with van der Waals surface area (Å²) < 4.78 is 0. The van der Waals surface area contributed by atoms with E-state index < -0.39 is 0 Å². The van der Waals surface area contributed by atoms with Crippen molar-refractivity contribution in [3.63, 3.8) is 0 Å². The zero-order valence-electron chi connectivity index (χ0n) is 19.4. The molecular weight excluding hydrogens is 446 g/mol. The number of benzene rings is 1. The highest BCUT2D eigenvalue weighted by atomic mass is 35.5. The molecule has 5 nitrogen and oxygen atoms in total. The van der Waals surface area contributed by atoms with Gasteiger partial charge in [-0.05, 0) is 84.7 Å². The van der Waals surface area contributed by atoms with Gasteiger partial charge in [-0.1, -0.05) is 36.2 Å². The summed E-state index contributed by atoms with van der Waals surface area (Å²) in [6.07, 6.45) is 9.35. The van der Waals surface area contributed by atoms with Gasteiger partial charge in [0, 0.05) is 42.6 Å². The van der Waals surface area contributed by atoms with Crippen LogP contribution in [-0.2, 0) is 35.4 Å². The van der Waals surface area contributed by atoms with E-state index >= 15 is 0 Å². The topological polar surface area (TPSA) is 63.2 Å². The molecule has 1 saturated heterocycles. The maximum absolute atomic E-state index is 8.12. The number of likely N-dealkylation sites (tertiary alicyclic amines) is 1. The molecule has 0 bridgehead atoms. The number of hydrogen-bond acceptors (Lipinski definition) is 5. The molecule has 0 N–H and O–H groups in total. The number of carbonyl (C=O) groups excluding carboxylic acids is 2. The van der Waals surface area contributed by atoms with E-state index in [2.05, 4.69) is 53.2 Å². The van der Waals surface area contributed by atoms with Crippen LogP contribution in [0.25, 0.3) is 5.57 Å². The second kappa shape index (κ2) is 11.3. The Hall–Kier alpha value is -3.11. The second-order valence-corrected chi connectivity index (χ2v) is 9.10. The molecular formula is C28H28ClN3O2. The molecule has 0 spiro atoms. The van der Waals surface area contributed by atoms with Gasteiger partial charge in [-0.3, -0.25) is 14.9 Å². The van der Waals surface area contributed by atoms with Crippen LogP contribution in [0.2, 0.25) is 5.02 Å². The smallest absolute Gasteiger partial charge is 0.297 e. The van der Waals surface area contributed by atoms with E-state index in [1.54, 1.807) is 0 Å². The van der Waals surface area contributed by atoms with Crippen LogP contribution in [0, 0.1) is 0 Å². The van der Waals surface area contributed by atoms with Crippen molar-refractivity contribution in [3.05, 3.63) is 99.1 Å². The van der Waals surface area contributed by atoms with Crippen LogP contribution in [0.3, 0.4) is 0 Å². The zero-order valence-corrected chi connectivity index (χ0v) is 20.1. The van der Waals surface area contributed by atoms with Crippen LogP contribution in [0.5, 0.6) is 0 Å². The number of aromatic nitrogens is 2. The van der Waals surface area contributed by atoms with E-state index in [-0.39, 0.29) is 6.15 Å². The highest BCUT2D eigenvalue weighted by molar-refractivity contribution is 6.30. The van der Waals surface area contributed by atoms with Crippen molar-refractivity contribution < 1.29 is 9.59 Å². The largest absolute Gasteiger partial charge is 0.373 e. The molecule has 5 rings (SSSR count). The Balaban J connectivity index is 0.000000868. The van der Waals surface area contributed by atoms with Crippen LogP contribution in [0.1, 0.15) is 53.4 Å². The van der Waals surface area contributed by atoms with Gasteiger partial charge in [-0.15, -0.1) is 0 Å². The van der Waals surface area contributed by atoms with E-state index in [1.165, 1.54) is 44.8 Å². The molecule has 34 heavy (non-hydrogen) atoms. The quantitative estimate of drug-likeness (QED) is 0.516. The summed E-state index contributed by atoms with van der Waals surface area (Å²) in [6.45, 7) is 5.24. The van der Waals surface area contributed by atoms with Gasteiger partial charge in [0.1, 0.15) is 0 Å². The van der Waals surface area contributed by atoms with Crippen molar-refractivity contribution >= 4 is 23.3 Å². The first-order valence-electron chi connectivity index (χ1n) is 11.7. The summed E-state index contributed by atoms with van der Waals surface area (Å²) in [5, 5.41) is 0.818. The average Bonchev–Trinajstić information content (AvgIpc) is 3.02. The van der Waals surface area contributed by atoms with Crippen LogP contribution in [0.15, 0.2) is 60.4 Å². The van der Waals surface area contributed by atoms with E-state index in [0.29, 0.717) is 0 Å². The van der Waals surface area contributed by atoms with Gasteiger partial charge in [-0.2, -0.15) is 9.59 Å². The molecule has 1 aliphatic carbocycles. The van der Waals surface area contributed by atoms with Crippen molar-refractivity contribution in [3.8, 4) is 0 Å². The van der Waals surface area contributed by atoms with Crippen LogP contribution in [0.4, 0.5) is 0 Å². The third kappa shape index (κ3) is 5.51. The molecule has 2 aliphatic rings. The lowest BCUT2D eigenvalue weighted by Crippen LogP contribution is -2.31. The van der Waals surface area contributed by atoms with Gasteiger partial charge in [0.15, 0.2) is 0 Å². The first kappa shape index (κ1) is 24.0. The highest BCUT2D eigenvalue weighted by Gasteiger charge is 2.25. The Morgan fingerprint density at radius 3 is 2.47 bits per heavy atom. The molecule has 0 unspecified atom stereocenters. The molecule has 0 atom stereocenters. The maximum atomic E-state index is 8.12. The third-order valence-electron chi connectivity index (χ3n) is 6.62. The van der Waals surface area contributed by atoms with Crippen LogP contribution >= 0.6 is 11.6 Å². The number of hydrogen-bond donors (Lipinski definition) is 0. The molecule has 0 amide bonds. The fourth-order valence-electron chi connectivity index (χ4n) is 4.93. The molecule has 1 fully saturated rings. The number of fused-ring (bicyclic) bond motifs is 2. The summed E-state index contributed by atoms with van der Waals surface area (Å²) >= 11 is 6.35. The molecule has 1 aliphatic heterocycles. The Morgan fingerprint density at radius 2 is 1.71 bits per heavy atom. The predicted octanol–water partition coefficient (Wildman–Crippen LogP) is 5.31. The second-order valence-electron chi connectivity index (χ2n) is 8.66. The zero-order chi connectivity index (χ0) is 23.9. The summed E-state index contributed by atoms with van der Waals surface area (Å²) in [5.74, 6) is 0. The fourth-order valence-corrected chi connectivity index (χ4v) is 5.12. The number of rotatable bonds is 3. The Labute approximate surface area is 205 Å². The Kier molecular flexibility index (Phi) is 8.02. The van der Waals surface area contributed by atoms with Gasteiger partial charge in [0.2, 0.25) is 0 Å². The fraction of sp³-hybridized carbons (Fsp3) is 0.321. The van der Waals surface area contributed by atoms with E-state index in [4.69, 9.17) is 26.2 Å². The van der Waals surface area contributed by atoms with Crippen LogP contribution < -0.4 is 0 Å². The first-order valence-corrected chi connectivity index (χ1v) is 12.1. The molecule has 0 saturated carbocycles. The summed E-state index contributed by atoms with van der Waals surface area (Å²) in [6, 6.07) is 15.0. The van der Waals surface area contributed by atoms with Crippen molar-refractivity contribution in [2.24, 2.45) is 0 Å². The van der Waals surface area contributed by atoms with E-state index in [9.17, 15) is 0 Å². The average molecular weight is 474 g/mol. The molecule has 3 aromatic rings. The number of nitrogens with zero attached hydrogens (tertiary/aromatic N) is 3. The summed E-state index contributed by atoms with van der Waals surface area (Å²) in [7, 11) is 0. The SMILES string of the molecule is CCc1ccnc(CN2CCC(=C3c4ccc(Cl)cc4CCc4cccnc43)CC2)c1.O=C=O. The minimum atomic E-state index is 0.250. The first-order chi connectivity index (χ1) is 16.6. The van der Waals surface area contributed by atoms with Gasteiger partial charge >= 0.3 is 6.15 Å². The van der Waals surface area contributed by atoms with Crippen molar-refractivity contribution in [1.29, 1.82) is 0 Å². The predicted molar refractivity (Wildman–Crippen MR) is 132 cm³/mol. The standard InChI is InChI=1S/C27H28ClN3.CO2/c1-2-19-9-13-29-24(16-19)18-31-14-10-20(11-15-31)26-25-8-7-23(28)17-22(25)6-5-21-4-3-12-30-27(21)26;2-1-3/h3-4,7-9,12-13,16-17H,2,5-6,10-11,14-15,18H2,1H3;. The number of piperidine rings is 1. The highest BCUT2D eigenvalue weighted by Crippen LogP contribution is 2.38. The van der Waals surface area contributed by atoms with Gasteiger partial charge in [-0.25, -0.2) is 0 Å². The molecule has 6 heteroatoms. The number of aryl methyl sites for hydroxylation is 3. The Morgan fingerprint density at radius 1 is 0.941 bits per heavy atom. The Bertz CT molecular complexity index is 1220. The van der Waals surface area contributed by atoms with Crippen molar-refractivity contribution in [2.45, 2.75) is 45.6 Å². The molecule has 2 aromatic heterocycles. The molecule has 1 aromatic carbocycles. The van der Waals surface area contributed by atoms with E-state index in [0.717, 1.165) is 56.8 Å². The normalized spacial score (nSPS) is 15.4. The lowest BCUT2D eigenvalue weighted by atomic mass is 9.88. The third-order valence-corrected chi connectivity index (χ3v) is 6.85. The van der Waals surface area contributed by atoms with Gasteiger partial charge < -0.3 is 0 Å². The number of halogens is 1. The summed E-state index contributed by atoms with van der Waals surface area (Å²) in [4.78, 5) is 28.2. The number of pyridine rings is 2. The lowest BCUT2D eigenvalue weighted by molar-refractivity contribution is -0.191. The molecule has 3 heterocycles. The van der Waals surface area contributed by atoms with Crippen molar-refractivity contribution in [2.75, 3.05) is 13.1 Å². The minimum absolute atomic E-state index is 0.250. The van der Waals surface area contributed by atoms with Crippen LogP contribution in [-0.4, -0.2) is 34.1 Å². The van der Waals surface area contributed by atoms with E-state index in [1.807, 2.05) is 18.5 Å². The maximum Gasteiger partial charge on any atom is 0.373 e. The minimum Gasteiger partial charge on any atom is -0.297 e. The molecule has 174 valence electrons. The van der Waals surface area contributed by atoms with Crippen molar-refractivity contribution in [1.82, 2.24) is 14.9 Å². The van der Waals surface area contributed by atoms with Gasteiger partial charge in [0.25, 0.3) is 0 Å². The van der Waals surface area contributed by atoms with Gasteiger partial charge in [0.05, 0.1) is 11.4 Å². The monoisotopic (exact) mass is 473 g/mol. The summed E-state index contributed by atoms with van der Waals surface area (Å²) in [5.41, 5.74) is 10.6. The molecule has 0 radical (unpaired) electrons.